The molecule has 1 fully saturated rings. The minimum atomic E-state index is -0.0850. The lowest BCUT2D eigenvalue weighted by atomic mass is 10.1. The Morgan fingerprint density at radius 2 is 1.66 bits per heavy atom. The molecule has 4 rings (SSSR count). The Bertz CT molecular complexity index is 1030. The highest BCUT2D eigenvalue weighted by molar-refractivity contribution is 5.78. The van der Waals surface area contributed by atoms with Crippen molar-refractivity contribution in [1.82, 2.24) is 19.4 Å². The van der Waals surface area contributed by atoms with Crippen molar-refractivity contribution >= 4 is 16.9 Å². The molecule has 1 aliphatic heterocycles. The number of imidazole rings is 1. The van der Waals surface area contributed by atoms with E-state index < -0.39 is 0 Å². The van der Waals surface area contributed by atoms with Crippen LogP contribution in [-0.2, 0) is 18.4 Å². The summed E-state index contributed by atoms with van der Waals surface area (Å²) in [5, 5.41) is 3.10. The number of para-hydroxylation sites is 2. The number of hydrogen-bond donors (Lipinski definition) is 1. The standard InChI is InChI=1S/C23H28N4O2/c1-25-19-11-5-6-12-20(19)27(23(25)29)16-13-22(28)24-17-21(26-14-7-8-15-26)18-9-3-2-4-10-18/h2-6,9-12,21H,7-8,13-17H2,1H3,(H,24,28)/t21-/m1/s1. The van der Waals surface area contributed by atoms with E-state index in [4.69, 9.17) is 0 Å². The van der Waals surface area contributed by atoms with E-state index in [-0.39, 0.29) is 24.1 Å². The fraction of sp³-hybridized carbons (Fsp3) is 0.391. The Labute approximate surface area is 170 Å². The van der Waals surface area contributed by atoms with E-state index in [0.717, 1.165) is 24.1 Å². The van der Waals surface area contributed by atoms with E-state index in [1.165, 1.54) is 18.4 Å². The van der Waals surface area contributed by atoms with Gasteiger partial charge in [0.2, 0.25) is 5.91 Å². The molecule has 29 heavy (non-hydrogen) atoms. The fourth-order valence-electron chi connectivity index (χ4n) is 4.28. The van der Waals surface area contributed by atoms with Gasteiger partial charge >= 0.3 is 5.69 Å². The van der Waals surface area contributed by atoms with E-state index in [9.17, 15) is 9.59 Å². The lowest BCUT2D eigenvalue weighted by Gasteiger charge is -2.28. The third kappa shape index (κ3) is 4.12. The molecule has 6 nitrogen and oxygen atoms in total. The molecule has 152 valence electrons. The molecule has 0 aliphatic carbocycles. The first-order valence-corrected chi connectivity index (χ1v) is 10.3. The molecule has 0 bridgehead atoms. The molecule has 1 aliphatic rings. The highest BCUT2D eigenvalue weighted by Crippen LogP contribution is 2.24. The van der Waals surface area contributed by atoms with Crippen LogP contribution in [0.5, 0.6) is 0 Å². The lowest BCUT2D eigenvalue weighted by Crippen LogP contribution is -2.37. The number of hydrogen-bond acceptors (Lipinski definition) is 3. The molecular formula is C23H28N4O2. The van der Waals surface area contributed by atoms with Gasteiger partial charge in [-0.15, -0.1) is 0 Å². The molecule has 2 aromatic carbocycles. The van der Waals surface area contributed by atoms with Crippen molar-refractivity contribution in [2.75, 3.05) is 19.6 Å². The van der Waals surface area contributed by atoms with Crippen molar-refractivity contribution in [3.05, 3.63) is 70.6 Å². The van der Waals surface area contributed by atoms with Crippen molar-refractivity contribution in [3.8, 4) is 0 Å². The highest BCUT2D eigenvalue weighted by Gasteiger charge is 2.23. The number of nitrogens with zero attached hydrogens (tertiary/aromatic N) is 3. The zero-order valence-corrected chi connectivity index (χ0v) is 16.9. The number of nitrogens with one attached hydrogen (secondary N) is 1. The van der Waals surface area contributed by atoms with Gasteiger partial charge in [0.1, 0.15) is 0 Å². The molecule has 0 spiro atoms. The quantitative estimate of drug-likeness (QED) is 0.673. The number of likely N-dealkylation sites (tertiary alicyclic amines) is 1. The number of rotatable bonds is 7. The summed E-state index contributed by atoms with van der Waals surface area (Å²) in [6, 6.07) is 18.3. The maximum absolute atomic E-state index is 12.6. The SMILES string of the molecule is Cn1c(=O)n(CCC(=O)NC[C@H](c2ccccc2)N2CCCC2)c2ccccc21. The summed E-state index contributed by atoms with van der Waals surface area (Å²) < 4.78 is 3.32. The van der Waals surface area contributed by atoms with Gasteiger partial charge in [0, 0.05) is 26.6 Å². The van der Waals surface area contributed by atoms with Crippen molar-refractivity contribution in [2.24, 2.45) is 7.05 Å². The van der Waals surface area contributed by atoms with Crippen LogP contribution in [0, 0.1) is 0 Å². The minimum Gasteiger partial charge on any atom is -0.354 e. The molecule has 0 unspecified atom stereocenters. The molecule has 0 saturated carbocycles. The van der Waals surface area contributed by atoms with Crippen LogP contribution in [-0.4, -0.2) is 39.6 Å². The summed E-state index contributed by atoms with van der Waals surface area (Å²) in [6.07, 6.45) is 2.71. The van der Waals surface area contributed by atoms with Gasteiger partial charge in [-0.25, -0.2) is 4.79 Å². The van der Waals surface area contributed by atoms with Crippen molar-refractivity contribution in [1.29, 1.82) is 0 Å². The van der Waals surface area contributed by atoms with Gasteiger partial charge in [0.15, 0.2) is 0 Å². The Balaban J connectivity index is 1.41. The molecule has 3 aromatic rings. The van der Waals surface area contributed by atoms with Crippen LogP contribution in [0.25, 0.3) is 11.0 Å². The van der Waals surface area contributed by atoms with Crippen LogP contribution >= 0.6 is 0 Å². The third-order valence-corrected chi connectivity index (χ3v) is 5.87. The van der Waals surface area contributed by atoms with E-state index in [2.05, 4.69) is 22.3 Å². The summed E-state index contributed by atoms with van der Waals surface area (Å²) in [7, 11) is 1.77. The van der Waals surface area contributed by atoms with E-state index in [1.54, 1.807) is 16.2 Å². The average molecular weight is 393 g/mol. The zero-order chi connectivity index (χ0) is 20.2. The van der Waals surface area contributed by atoms with Gasteiger partial charge < -0.3 is 5.32 Å². The van der Waals surface area contributed by atoms with E-state index in [1.807, 2.05) is 42.5 Å². The van der Waals surface area contributed by atoms with Crippen molar-refractivity contribution in [3.63, 3.8) is 0 Å². The molecule has 1 amide bonds. The van der Waals surface area contributed by atoms with Gasteiger partial charge in [-0.1, -0.05) is 42.5 Å². The molecule has 2 heterocycles. The molecule has 6 heteroatoms. The number of amides is 1. The molecule has 1 saturated heterocycles. The number of aromatic nitrogens is 2. The maximum Gasteiger partial charge on any atom is 0.328 e. The van der Waals surface area contributed by atoms with E-state index in [0.29, 0.717) is 13.1 Å². The predicted molar refractivity (Wildman–Crippen MR) is 115 cm³/mol. The summed E-state index contributed by atoms with van der Waals surface area (Å²) in [6.45, 7) is 3.11. The molecular weight excluding hydrogens is 364 g/mol. The summed E-state index contributed by atoms with van der Waals surface area (Å²) in [5.74, 6) is -0.0232. The van der Waals surface area contributed by atoms with Gasteiger partial charge in [0.05, 0.1) is 17.1 Å². The van der Waals surface area contributed by atoms with Crippen molar-refractivity contribution < 1.29 is 4.79 Å². The first kappa shape index (κ1) is 19.5. The Kier molecular flexibility index (Phi) is 5.81. The monoisotopic (exact) mass is 392 g/mol. The van der Waals surface area contributed by atoms with Gasteiger partial charge in [-0.3, -0.25) is 18.8 Å². The average Bonchev–Trinajstić information content (AvgIpc) is 3.36. The van der Waals surface area contributed by atoms with Gasteiger partial charge in [0.25, 0.3) is 0 Å². The Hall–Kier alpha value is -2.86. The number of benzene rings is 2. The molecule has 1 aromatic heterocycles. The minimum absolute atomic E-state index is 0.0232. The van der Waals surface area contributed by atoms with Crippen LogP contribution in [0.2, 0.25) is 0 Å². The second-order valence-corrected chi connectivity index (χ2v) is 7.71. The number of aryl methyl sites for hydroxylation is 2. The summed E-state index contributed by atoms with van der Waals surface area (Å²) in [5.41, 5.74) is 2.90. The van der Waals surface area contributed by atoms with Crippen LogP contribution in [0.1, 0.15) is 30.9 Å². The first-order valence-electron chi connectivity index (χ1n) is 10.3. The number of fused-ring (bicyclic) bond motifs is 1. The summed E-state index contributed by atoms with van der Waals surface area (Å²) in [4.78, 5) is 27.5. The summed E-state index contributed by atoms with van der Waals surface area (Å²) >= 11 is 0. The second kappa shape index (κ2) is 8.66. The normalized spacial score (nSPS) is 15.6. The van der Waals surface area contributed by atoms with Crippen LogP contribution in [0.3, 0.4) is 0 Å². The van der Waals surface area contributed by atoms with Gasteiger partial charge in [-0.05, 0) is 43.6 Å². The van der Waals surface area contributed by atoms with Crippen LogP contribution < -0.4 is 11.0 Å². The van der Waals surface area contributed by atoms with E-state index >= 15 is 0 Å². The van der Waals surface area contributed by atoms with Crippen molar-refractivity contribution in [2.45, 2.75) is 31.8 Å². The lowest BCUT2D eigenvalue weighted by molar-refractivity contribution is -0.121. The fourth-order valence-corrected chi connectivity index (χ4v) is 4.28. The Morgan fingerprint density at radius 3 is 2.38 bits per heavy atom. The largest absolute Gasteiger partial charge is 0.354 e. The van der Waals surface area contributed by atoms with Crippen LogP contribution in [0.15, 0.2) is 59.4 Å². The number of carbonyl (C=O) groups excluding carboxylic acids is 1. The topological polar surface area (TPSA) is 59.3 Å². The smallest absolute Gasteiger partial charge is 0.328 e. The number of carbonyl (C=O) groups is 1. The van der Waals surface area contributed by atoms with Crippen LogP contribution in [0.4, 0.5) is 0 Å². The van der Waals surface area contributed by atoms with Gasteiger partial charge in [-0.2, -0.15) is 0 Å². The third-order valence-electron chi connectivity index (χ3n) is 5.87. The predicted octanol–water partition coefficient (Wildman–Crippen LogP) is 2.68. The molecule has 1 N–H and O–H groups in total. The maximum atomic E-state index is 12.6. The Morgan fingerprint density at radius 1 is 1.00 bits per heavy atom. The highest BCUT2D eigenvalue weighted by atomic mass is 16.2. The first-order chi connectivity index (χ1) is 14.1. The molecule has 0 radical (unpaired) electrons. The zero-order valence-electron chi connectivity index (χ0n) is 16.9. The second-order valence-electron chi connectivity index (χ2n) is 7.71. The molecule has 1 atom stereocenters.